The molecule has 7 heteroatoms. The van der Waals surface area contributed by atoms with Crippen molar-refractivity contribution in [1.82, 2.24) is 0 Å². The first-order valence-electron chi connectivity index (χ1n) is 7.09. The SMILES string of the molecule is COc1ccc(NC(=O)[C@H](C)Oc2ccc(Br)cc2Br)cc1OC. The van der Waals surface area contributed by atoms with Gasteiger partial charge in [0.15, 0.2) is 17.6 Å². The molecular formula is C17H17Br2NO4. The van der Waals surface area contributed by atoms with Crippen LogP contribution in [0.4, 0.5) is 5.69 Å². The smallest absolute Gasteiger partial charge is 0.265 e. The molecule has 0 unspecified atom stereocenters. The zero-order chi connectivity index (χ0) is 17.7. The van der Waals surface area contributed by atoms with Crippen LogP contribution in [0.5, 0.6) is 17.2 Å². The number of anilines is 1. The minimum absolute atomic E-state index is 0.267. The molecule has 0 saturated heterocycles. The van der Waals surface area contributed by atoms with E-state index in [0.717, 1.165) is 8.95 Å². The minimum atomic E-state index is -0.671. The predicted molar refractivity (Wildman–Crippen MR) is 100 cm³/mol. The minimum Gasteiger partial charge on any atom is -0.493 e. The maximum absolute atomic E-state index is 12.3. The molecule has 1 amide bonds. The maximum atomic E-state index is 12.3. The van der Waals surface area contributed by atoms with Crippen LogP contribution in [0.25, 0.3) is 0 Å². The Bertz CT molecular complexity index is 737. The van der Waals surface area contributed by atoms with Gasteiger partial charge in [0.25, 0.3) is 5.91 Å². The van der Waals surface area contributed by atoms with Crippen LogP contribution in [0.1, 0.15) is 6.92 Å². The molecule has 5 nitrogen and oxygen atoms in total. The summed E-state index contributed by atoms with van der Waals surface area (Å²) in [5.41, 5.74) is 0.600. The molecule has 0 fully saturated rings. The van der Waals surface area contributed by atoms with E-state index in [4.69, 9.17) is 14.2 Å². The lowest BCUT2D eigenvalue weighted by molar-refractivity contribution is -0.122. The van der Waals surface area contributed by atoms with Crippen LogP contribution < -0.4 is 19.5 Å². The van der Waals surface area contributed by atoms with Crippen molar-refractivity contribution in [3.8, 4) is 17.2 Å². The number of carbonyl (C=O) groups excluding carboxylic acids is 1. The molecule has 0 spiro atoms. The zero-order valence-corrected chi connectivity index (χ0v) is 16.6. The quantitative estimate of drug-likeness (QED) is 0.685. The Hall–Kier alpha value is -1.73. The van der Waals surface area contributed by atoms with E-state index in [-0.39, 0.29) is 5.91 Å². The van der Waals surface area contributed by atoms with E-state index in [1.165, 1.54) is 0 Å². The van der Waals surface area contributed by atoms with E-state index in [1.807, 2.05) is 12.1 Å². The van der Waals surface area contributed by atoms with Crippen LogP contribution in [0.3, 0.4) is 0 Å². The molecule has 0 aliphatic rings. The number of methoxy groups -OCH3 is 2. The van der Waals surface area contributed by atoms with Gasteiger partial charge in [-0.2, -0.15) is 0 Å². The third-order valence-electron chi connectivity index (χ3n) is 3.22. The van der Waals surface area contributed by atoms with E-state index in [0.29, 0.717) is 22.9 Å². The Labute approximate surface area is 157 Å². The van der Waals surface area contributed by atoms with Gasteiger partial charge in [-0.1, -0.05) is 15.9 Å². The molecule has 1 atom stereocenters. The van der Waals surface area contributed by atoms with E-state index < -0.39 is 6.10 Å². The van der Waals surface area contributed by atoms with Crippen LogP contribution >= 0.6 is 31.9 Å². The Kier molecular flexibility index (Phi) is 6.51. The lowest BCUT2D eigenvalue weighted by Crippen LogP contribution is -2.30. The highest BCUT2D eigenvalue weighted by atomic mass is 79.9. The predicted octanol–water partition coefficient (Wildman–Crippen LogP) is 4.63. The molecule has 0 aromatic heterocycles. The summed E-state index contributed by atoms with van der Waals surface area (Å²) in [6, 6.07) is 10.6. The van der Waals surface area contributed by atoms with Gasteiger partial charge in [0.2, 0.25) is 0 Å². The van der Waals surface area contributed by atoms with Gasteiger partial charge in [-0.3, -0.25) is 4.79 Å². The van der Waals surface area contributed by atoms with Gasteiger partial charge in [-0.25, -0.2) is 0 Å². The highest BCUT2D eigenvalue weighted by Crippen LogP contribution is 2.31. The van der Waals surface area contributed by atoms with Gasteiger partial charge in [-0.15, -0.1) is 0 Å². The number of halogens is 2. The van der Waals surface area contributed by atoms with Gasteiger partial charge >= 0.3 is 0 Å². The summed E-state index contributed by atoms with van der Waals surface area (Å²) in [6.07, 6.45) is -0.671. The fourth-order valence-electron chi connectivity index (χ4n) is 1.97. The van der Waals surface area contributed by atoms with E-state index in [1.54, 1.807) is 45.4 Å². The summed E-state index contributed by atoms with van der Waals surface area (Å²) >= 11 is 6.78. The third-order valence-corrected chi connectivity index (χ3v) is 4.33. The second-order valence-electron chi connectivity index (χ2n) is 4.89. The van der Waals surface area contributed by atoms with E-state index >= 15 is 0 Å². The number of hydrogen-bond acceptors (Lipinski definition) is 4. The highest BCUT2D eigenvalue weighted by Gasteiger charge is 2.17. The Morgan fingerprint density at radius 2 is 1.67 bits per heavy atom. The normalized spacial score (nSPS) is 11.5. The first-order chi connectivity index (χ1) is 11.4. The standard InChI is InChI=1S/C17H17Br2NO4/c1-10(24-14-6-4-11(18)8-13(14)19)17(21)20-12-5-7-15(22-2)16(9-12)23-3/h4-10H,1-3H3,(H,20,21)/t10-/m0/s1. The molecule has 2 aromatic rings. The molecule has 0 aliphatic heterocycles. The lowest BCUT2D eigenvalue weighted by Gasteiger charge is -2.16. The zero-order valence-electron chi connectivity index (χ0n) is 13.4. The second-order valence-corrected chi connectivity index (χ2v) is 6.66. The van der Waals surface area contributed by atoms with Crippen molar-refractivity contribution in [3.63, 3.8) is 0 Å². The van der Waals surface area contributed by atoms with Crippen molar-refractivity contribution in [3.05, 3.63) is 45.3 Å². The average Bonchev–Trinajstić information content (AvgIpc) is 2.57. The van der Waals surface area contributed by atoms with Gasteiger partial charge < -0.3 is 19.5 Å². The first kappa shape index (κ1) is 18.6. The molecule has 2 aromatic carbocycles. The van der Waals surface area contributed by atoms with Gasteiger partial charge in [0.05, 0.1) is 18.7 Å². The Balaban J connectivity index is 2.06. The lowest BCUT2D eigenvalue weighted by atomic mass is 10.2. The molecule has 0 aliphatic carbocycles. The van der Waals surface area contributed by atoms with E-state index in [2.05, 4.69) is 37.2 Å². The summed E-state index contributed by atoms with van der Waals surface area (Å²) in [7, 11) is 3.10. The largest absolute Gasteiger partial charge is 0.493 e. The summed E-state index contributed by atoms with van der Waals surface area (Å²) in [5.74, 6) is 1.46. The Morgan fingerprint density at radius 1 is 1.00 bits per heavy atom. The first-order valence-corrected chi connectivity index (χ1v) is 8.67. The van der Waals surface area contributed by atoms with Crippen molar-refractivity contribution >= 4 is 43.5 Å². The van der Waals surface area contributed by atoms with Gasteiger partial charge in [0, 0.05) is 16.2 Å². The van der Waals surface area contributed by atoms with Crippen LogP contribution in [0, 0.1) is 0 Å². The van der Waals surface area contributed by atoms with Crippen molar-refractivity contribution in [2.75, 3.05) is 19.5 Å². The monoisotopic (exact) mass is 457 g/mol. The molecule has 0 saturated carbocycles. The third kappa shape index (κ3) is 4.64. The summed E-state index contributed by atoms with van der Waals surface area (Å²) in [4.78, 5) is 12.3. The number of hydrogen-bond donors (Lipinski definition) is 1. The van der Waals surface area contributed by atoms with Gasteiger partial charge in [-0.05, 0) is 53.2 Å². The number of amides is 1. The molecule has 128 valence electrons. The molecule has 0 radical (unpaired) electrons. The van der Waals surface area contributed by atoms with Crippen LogP contribution in [0.15, 0.2) is 45.3 Å². The van der Waals surface area contributed by atoms with Crippen LogP contribution in [0.2, 0.25) is 0 Å². The molecule has 24 heavy (non-hydrogen) atoms. The van der Waals surface area contributed by atoms with Gasteiger partial charge in [0.1, 0.15) is 5.75 Å². The van der Waals surface area contributed by atoms with Crippen molar-refractivity contribution in [2.45, 2.75) is 13.0 Å². The molecule has 0 bridgehead atoms. The van der Waals surface area contributed by atoms with E-state index in [9.17, 15) is 4.79 Å². The summed E-state index contributed by atoms with van der Waals surface area (Å²) in [6.45, 7) is 1.69. The maximum Gasteiger partial charge on any atom is 0.265 e. The second kappa shape index (κ2) is 8.39. The Morgan fingerprint density at radius 3 is 2.29 bits per heavy atom. The highest BCUT2D eigenvalue weighted by molar-refractivity contribution is 9.11. The number of rotatable bonds is 6. The van der Waals surface area contributed by atoms with Crippen LogP contribution in [-0.2, 0) is 4.79 Å². The number of nitrogens with one attached hydrogen (secondary N) is 1. The summed E-state index contributed by atoms with van der Waals surface area (Å²) < 4.78 is 17.8. The number of carbonyl (C=O) groups is 1. The number of ether oxygens (including phenoxy) is 3. The topological polar surface area (TPSA) is 56.8 Å². The summed E-state index contributed by atoms with van der Waals surface area (Å²) in [5, 5.41) is 2.79. The number of benzene rings is 2. The fourth-order valence-corrected chi connectivity index (χ4v) is 3.11. The molecule has 2 rings (SSSR count). The van der Waals surface area contributed by atoms with Crippen LogP contribution in [-0.4, -0.2) is 26.2 Å². The van der Waals surface area contributed by atoms with Crippen molar-refractivity contribution in [1.29, 1.82) is 0 Å². The fraction of sp³-hybridized carbons (Fsp3) is 0.235. The average molecular weight is 459 g/mol. The molecule has 0 heterocycles. The van der Waals surface area contributed by atoms with Crippen molar-refractivity contribution < 1.29 is 19.0 Å². The van der Waals surface area contributed by atoms with Crippen molar-refractivity contribution in [2.24, 2.45) is 0 Å². The molecular weight excluding hydrogens is 442 g/mol. The molecule has 1 N–H and O–H groups in total.